The largest absolute Gasteiger partial charge is 0.493 e. The molecule has 0 aliphatic carbocycles. The Balaban J connectivity index is 1.45. The van der Waals surface area contributed by atoms with Gasteiger partial charge in [0.2, 0.25) is 0 Å². The standard InChI is InChI=1S/C31H29NO/c1-32(2)30(24-12-4-3-5-13-24)21-22-33-31-20-19-28(27-16-8-9-17-29(27)31)26-18-10-14-23-11-6-7-15-25(23)26/h3-20,30H,21-22H2,1-2H3. The molecule has 0 amide bonds. The summed E-state index contributed by atoms with van der Waals surface area (Å²) >= 11 is 0. The molecule has 5 aromatic carbocycles. The van der Waals surface area contributed by atoms with Crippen LogP contribution in [0, 0.1) is 0 Å². The Morgan fingerprint density at radius 3 is 2.03 bits per heavy atom. The highest BCUT2D eigenvalue weighted by atomic mass is 16.5. The Morgan fingerprint density at radius 2 is 1.24 bits per heavy atom. The second-order valence-electron chi connectivity index (χ2n) is 8.71. The second-order valence-corrected chi connectivity index (χ2v) is 8.71. The first-order chi connectivity index (χ1) is 16.2. The van der Waals surface area contributed by atoms with E-state index in [9.17, 15) is 0 Å². The molecule has 33 heavy (non-hydrogen) atoms. The van der Waals surface area contributed by atoms with E-state index >= 15 is 0 Å². The molecule has 0 aromatic heterocycles. The number of hydrogen-bond acceptors (Lipinski definition) is 2. The normalized spacial score (nSPS) is 12.3. The van der Waals surface area contributed by atoms with Crippen LogP contribution in [-0.4, -0.2) is 25.6 Å². The van der Waals surface area contributed by atoms with Gasteiger partial charge in [-0.25, -0.2) is 0 Å². The van der Waals surface area contributed by atoms with Gasteiger partial charge in [-0.15, -0.1) is 0 Å². The summed E-state index contributed by atoms with van der Waals surface area (Å²) in [4.78, 5) is 2.26. The van der Waals surface area contributed by atoms with E-state index in [0.717, 1.165) is 17.6 Å². The molecule has 0 spiro atoms. The average Bonchev–Trinajstić information content (AvgIpc) is 2.86. The van der Waals surface area contributed by atoms with Gasteiger partial charge in [0.1, 0.15) is 5.75 Å². The van der Waals surface area contributed by atoms with E-state index in [4.69, 9.17) is 4.74 Å². The predicted octanol–water partition coefficient (Wildman–Crippen LogP) is 7.73. The summed E-state index contributed by atoms with van der Waals surface area (Å²) < 4.78 is 6.37. The minimum atomic E-state index is 0.326. The topological polar surface area (TPSA) is 12.5 Å². The number of benzene rings is 5. The summed E-state index contributed by atoms with van der Waals surface area (Å²) in [5, 5.41) is 4.91. The summed E-state index contributed by atoms with van der Waals surface area (Å²) in [5.41, 5.74) is 3.82. The van der Waals surface area contributed by atoms with Crippen molar-refractivity contribution in [2.75, 3.05) is 20.7 Å². The molecule has 2 nitrogen and oxygen atoms in total. The third-order valence-corrected chi connectivity index (χ3v) is 6.42. The molecule has 0 radical (unpaired) electrons. The van der Waals surface area contributed by atoms with Crippen LogP contribution in [0.3, 0.4) is 0 Å². The fourth-order valence-corrected chi connectivity index (χ4v) is 4.77. The predicted molar refractivity (Wildman–Crippen MR) is 140 cm³/mol. The first-order valence-electron chi connectivity index (χ1n) is 11.6. The quantitative estimate of drug-likeness (QED) is 0.261. The van der Waals surface area contributed by atoms with Crippen LogP contribution in [0.1, 0.15) is 18.0 Å². The van der Waals surface area contributed by atoms with E-state index in [1.807, 2.05) is 0 Å². The lowest BCUT2D eigenvalue weighted by Gasteiger charge is -2.25. The van der Waals surface area contributed by atoms with E-state index in [-0.39, 0.29) is 0 Å². The highest BCUT2D eigenvalue weighted by molar-refractivity contribution is 6.06. The summed E-state index contributed by atoms with van der Waals surface area (Å²) in [6.07, 6.45) is 0.927. The average molecular weight is 432 g/mol. The lowest BCUT2D eigenvalue weighted by molar-refractivity contribution is 0.225. The Morgan fingerprint density at radius 1 is 0.606 bits per heavy atom. The lowest BCUT2D eigenvalue weighted by atomic mass is 9.93. The maximum Gasteiger partial charge on any atom is 0.127 e. The van der Waals surface area contributed by atoms with Crippen molar-refractivity contribution in [1.29, 1.82) is 0 Å². The Kier molecular flexibility index (Phi) is 6.10. The third kappa shape index (κ3) is 4.35. The molecule has 0 aliphatic heterocycles. The van der Waals surface area contributed by atoms with Crippen LogP contribution in [0.5, 0.6) is 5.75 Å². The molecule has 164 valence electrons. The van der Waals surface area contributed by atoms with Crippen molar-refractivity contribution in [3.05, 3.63) is 115 Å². The molecule has 5 rings (SSSR count). The Bertz CT molecular complexity index is 1370. The molecule has 0 aliphatic rings. The van der Waals surface area contributed by atoms with Gasteiger partial charge in [0.05, 0.1) is 6.61 Å². The summed E-state index contributed by atoms with van der Waals surface area (Å²) in [5.74, 6) is 0.945. The van der Waals surface area contributed by atoms with Crippen LogP contribution in [0.2, 0.25) is 0 Å². The first-order valence-corrected chi connectivity index (χ1v) is 11.6. The van der Waals surface area contributed by atoms with E-state index in [2.05, 4.69) is 128 Å². The zero-order chi connectivity index (χ0) is 22.6. The number of rotatable bonds is 7. The highest BCUT2D eigenvalue weighted by Gasteiger charge is 2.15. The second kappa shape index (κ2) is 9.48. The van der Waals surface area contributed by atoms with E-state index in [0.29, 0.717) is 12.6 Å². The summed E-state index contributed by atoms with van der Waals surface area (Å²) in [6.45, 7) is 0.662. The van der Waals surface area contributed by atoms with Gasteiger partial charge in [0, 0.05) is 17.8 Å². The van der Waals surface area contributed by atoms with Crippen molar-refractivity contribution in [2.24, 2.45) is 0 Å². The smallest absolute Gasteiger partial charge is 0.127 e. The zero-order valence-corrected chi connectivity index (χ0v) is 19.2. The van der Waals surface area contributed by atoms with Crippen LogP contribution >= 0.6 is 0 Å². The van der Waals surface area contributed by atoms with Crippen LogP contribution in [0.15, 0.2) is 109 Å². The highest BCUT2D eigenvalue weighted by Crippen LogP contribution is 2.37. The number of ether oxygens (including phenoxy) is 1. The van der Waals surface area contributed by atoms with Crippen LogP contribution in [0.25, 0.3) is 32.7 Å². The minimum Gasteiger partial charge on any atom is -0.493 e. The molecule has 0 saturated heterocycles. The molecule has 1 unspecified atom stereocenters. The van der Waals surface area contributed by atoms with E-state index in [1.54, 1.807) is 0 Å². The van der Waals surface area contributed by atoms with Crippen molar-refractivity contribution in [2.45, 2.75) is 12.5 Å². The fraction of sp³-hybridized carbons (Fsp3) is 0.161. The molecule has 2 heteroatoms. The molecule has 0 N–H and O–H groups in total. The first kappa shape index (κ1) is 21.2. The van der Waals surface area contributed by atoms with Gasteiger partial charge in [0.25, 0.3) is 0 Å². The van der Waals surface area contributed by atoms with Gasteiger partial charge >= 0.3 is 0 Å². The molecular formula is C31H29NO. The SMILES string of the molecule is CN(C)C(CCOc1ccc(-c2cccc3ccccc23)c2ccccc12)c1ccccc1. The lowest BCUT2D eigenvalue weighted by Crippen LogP contribution is -2.22. The van der Waals surface area contributed by atoms with Crippen molar-refractivity contribution >= 4 is 21.5 Å². The Labute approximate surface area is 196 Å². The molecule has 5 aromatic rings. The minimum absolute atomic E-state index is 0.326. The van der Waals surface area contributed by atoms with Gasteiger partial charge < -0.3 is 9.64 Å². The molecule has 0 saturated carbocycles. The molecule has 1 atom stereocenters. The molecular weight excluding hydrogens is 402 g/mol. The van der Waals surface area contributed by atoms with Crippen LogP contribution < -0.4 is 4.74 Å². The maximum absolute atomic E-state index is 6.37. The molecule has 0 bridgehead atoms. The van der Waals surface area contributed by atoms with Crippen LogP contribution in [-0.2, 0) is 0 Å². The van der Waals surface area contributed by atoms with Gasteiger partial charge in [0.15, 0.2) is 0 Å². The maximum atomic E-state index is 6.37. The van der Waals surface area contributed by atoms with Gasteiger partial charge in [-0.05, 0) is 53.0 Å². The van der Waals surface area contributed by atoms with Crippen LogP contribution in [0.4, 0.5) is 0 Å². The van der Waals surface area contributed by atoms with Gasteiger partial charge in [-0.3, -0.25) is 0 Å². The number of nitrogens with zero attached hydrogens (tertiary/aromatic N) is 1. The fourth-order valence-electron chi connectivity index (χ4n) is 4.77. The van der Waals surface area contributed by atoms with E-state index in [1.165, 1.54) is 32.8 Å². The van der Waals surface area contributed by atoms with Crippen molar-refractivity contribution in [3.8, 4) is 16.9 Å². The Hall–Kier alpha value is -3.62. The monoisotopic (exact) mass is 431 g/mol. The van der Waals surface area contributed by atoms with Gasteiger partial charge in [-0.1, -0.05) is 103 Å². The van der Waals surface area contributed by atoms with E-state index < -0.39 is 0 Å². The van der Waals surface area contributed by atoms with Crippen molar-refractivity contribution in [1.82, 2.24) is 4.90 Å². The third-order valence-electron chi connectivity index (χ3n) is 6.42. The molecule has 0 fully saturated rings. The number of fused-ring (bicyclic) bond motifs is 2. The number of hydrogen-bond donors (Lipinski definition) is 0. The van der Waals surface area contributed by atoms with Gasteiger partial charge in [-0.2, -0.15) is 0 Å². The molecule has 0 heterocycles. The zero-order valence-electron chi connectivity index (χ0n) is 19.2. The summed E-state index contributed by atoms with van der Waals surface area (Å²) in [7, 11) is 4.26. The van der Waals surface area contributed by atoms with Crippen molar-refractivity contribution < 1.29 is 4.74 Å². The summed E-state index contributed by atoms with van der Waals surface area (Å²) in [6, 6.07) is 39.0. The van der Waals surface area contributed by atoms with Crippen molar-refractivity contribution in [3.63, 3.8) is 0 Å².